The molecule has 0 aromatic carbocycles. The zero-order valence-corrected chi connectivity index (χ0v) is 12.5. The molecule has 0 spiro atoms. The van der Waals surface area contributed by atoms with Gasteiger partial charge in [-0.1, -0.05) is 27.2 Å². The van der Waals surface area contributed by atoms with Gasteiger partial charge in [0.15, 0.2) is 0 Å². The third kappa shape index (κ3) is 3.80. The van der Waals surface area contributed by atoms with Gasteiger partial charge >= 0.3 is 0 Å². The minimum atomic E-state index is 0.228. The Bertz CT molecular complexity index is 366. The van der Waals surface area contributed by atoms with Crippen molar-refractivity contribution in [3.05, 3.63) is 18.7 Å². The summed E-state index contributed by atoms with van der Waals surface area (Å²) in [7, 11) is 0. The Morgan fingerprint density at radius 3 is 2.79 bits per heavy atom. The van der Waals surface area contributed by atoms with Crippen LogP contribution in [0.4, 0.5) is 0 Å². The van der Waals surface area contributed by atoms with Crippen LogP contribution >= 0.6 is 0 Å². The molecule has 4 heteroatoms. The first kappa shape index (κ1) is 14.5. The maximum Gasteiger partial charge on any atom is 0.0946 e. The Balaban J connectivity index is 2.02. The highest BCUT2D eigenvalue weighted by Gasteiger charge is 2.32. The number of hydrogen-bond acceptors (Lipinski definition) is 3. The van der Waals surface area contributed by atoms with E-state index in [2.05, 4.69) is 35.6 Å². The van der Waals surface area contributed by atoms with E-state index in [0.29, 0.717) is 18.0 Å². The highest BCUT2D eigenvalue weighted by atomic mass is 15.1. The van der Waals surface area contributed by atoms with Gasteiger partial charge in [-0.05, 0) is 30.7 Å². The lowest BCUT2D eigenvalue weighted by atomic mass is 9.85. The minimum absolute atomic E-state index is 0.228. The van der Waals surface area contributed by atoms with Crippen LogP contribution in [-0.4, -0.2) is 28.2 Å². The molecule has 0 saturated heterocycles. The topological polar surface area (TPSA) is 55.9 Å². The SMILES string of the molecule is CC(C)(C)C(Cn1ccnc1)NC1CCCC1CN. The Kier molecular flexibility index (Phi) is 4.63. The van der Waals surface area contributed by atoms with Crippen LogP contribution in [0.5, 0.6) is 0 Å². The first-order valence-electron chi connectivity index (χ1n) is 7.42. The predicted molar refractivity (Wildman–Crippen MR) is 78.8 cm³/mol. The Morgan fingerprint density at radius 2 is 2.21 bits per heavy atom. The van der Waals surface area contributed by atoms with Crippen LogP contribution in [0.1, 0.15) is 40.0 Å². The number of nitrogens with one attached hydrogen (secondary N) is 1. The zero-order valence-electron chi connectivity index (χ0n) is 12.5. The van der Waals surface area contributed by atoms with Crippen molar-refractivity contribution in [3.8, 4) is 0 Å². The molecule has 1 aliphatic carbocycles. The van der Waals surface area contributed by atoms with Crippen LogP contribution in [0.3, 0.4) is 0 Å². The van der Waals surface area contributed by atoms with Gasteiger partial charge in [-0.15, -0.1) is 0 Å². The van der Waals surface area contributed by atoms with Crippen molar-refractivity contribution in [2.24, 2.45) is 17.1 Å². The number of rotatable bonds is 5. The van der Waals surface area contributed by atoms with Gasteiger partial charge in [0, 0.05) is 31.0 Å². The second kappa shape index (κ2) is 6.06. The Labute approximate surface area is 116 Å². The molecule has 0 aliphatic heterocycles. The van der Waals surface area contributed by atoms with Crippen molar-refractivity contribution in [2.45, 2.75) is 58.7 Å². The van der Waals surface area contributed by atoms with E-state index in [9.17, 15) is 0 Å². The van der Waals surface area contributed by atoms with Gasteiger partial charge in [-0.2, -0.15) is 0 Å². The molecule has 19 heavy (non-hydrogen) atoms. The lowest BCUT2D eigenvalue weighted by Crippen LogP contribution is -2.50. The summed E-state index contributed by atoms with van der Waals surface area (Å²) in [5.74, 6) is 0.646. The summed E-state index contributed by atoms with van der Waals surface area (Å²) in [4.78, 5) is 4.14. The fraction of sp³-hybridized carbons (Fsp3) is 0.800. The average molecular weight is 264 g/mol. The smallest absolute Gasteiger partial charge is 0.0946 e. The van der Waals surface area contributed by atoms with Gasteiger partial charge in [0.2, 0.25) is 0 Å². The summed E-state index contributed by atoms with van der Waals surface area (Å²) in [5, 5.41) is 3.87. The second-order valence-corrected chi connectivity index (χ2v) is 6.88. The second-order valence-electron chi connectivity index (χ2n) is 6.88. The van der Waals surface area contributed by atoms with Gasteiger partial charge in [0.1, 0.15) is 0 Å². The van der Waals surface area contributed by atoms with Gasteiger partial charge in [-0.3, -0.25) is 0 Å². The van der Waals surface area contributed by atoms with E-state index in [1.54, 1.807) is 0 Å². The summed E-state index contributed by atoms with van der Waals surface area (Å²) in [6.45, 7) is 8.67. The van der Waals surface area contributed by atoms with Crippen LogP contribution in [0.25, 0.3) is 0 Å². The van der Waals surface area contributed by atoms with Crippen LogP contribution in [0, 0.1) is 11.3 Å². The van der Waals surface area contributed by atoms with Gasteiger partial charge in [-0.25, -0.2) is 4.98 Å². The zero-order chi connectivity index (χ0) is 13.9. The van der Waals surface area contributed by atoms with E-state index < -0.39 is 0 Å². The number of nitrogens with two attached hydrogens (primary N) is 1. The fourth-order valence-electron chi connectivity index (χ4n) is 2.98. The van der Waals surface area contributed by atoms with E-state index in [-0.39, 0.29) is 5.41 Å². The fourth-order valence-corrected chi connectivity index (χ4v) is 2.98. The van der Waals surface area contributed by atoms with Crippen molar-refractivity contribution >= 4 is 0 Å². The van der Waals surface area contributed by atoms with Crippen LogP contribution < -0.4 is 11.1 Å². The van der Waals surface area contributed by atoms with Crippen molar-refractivity contribution in [1.82, 2.24) is 14.9 Å². The van der Waals surface area contributed by atoms with Gasteiger partial charge in [0.25, 0.3) is 0 Å². The van der Waals surface area contributed by atoms with E-state index in [1.807, 2.05) is 18.7 Å². The molecule has 4 nitrogen and oxygen atoms in total. The lowest BCUT2D eigenvalue weighted by molar-refractivity contribution is 0.207. The van der Waals surface area contributed by atoms with Crippen molar-refractivity contribution in [2.75, 3.05) is 6.54 Å². The molecule has 1 saturated carbocycles. The largest absolute Gasteiger partial charge is 0.336 e. The standard InChI is InChI=1S/C15H28N4/c1-15(2,3)14(10-19-8-7-17-11-19)18-13-6-4-5-12(13)9-16/h7-8,11-14,18H,4-6,9-10,16H2,1-3H3. The molecule has 0 radical (unpaired) electrons. The lowest BCUT2D eigenvalue weighted by Gasteiger charge is -2.36. The predicted octanol–water partition coefficient (Wildman–Crippen LogP) is 2.01. The molecule has 1 heterocycles. The van der Waals surface area contributed by atoms with Crippen LogP contribution in [0.15, 0.2) is 18.7 Å². The highest BCUT2D eigenvalue weighted by Crippen LogP contribution is 2.28. The van der Waals surface area contributed by atoms with E-state index >= 15 is 0 Å². The van der Waals surface area contributed by atoms with Crippen LogP contribution in [0.2, 0.25) is 0 Å². The normalized spacial score (nSPS) is 25.7. The van der Waals surface area contributed by atoms with E-state index in [0.717, 1.165) is 13.1 Å². The van der Waals surface area contributed by atoms with Crippen LogP contribution in [-0.2, 0) is 6.54 Å². The summed E-state index contributed by atoms with van der Waals surface area (Å²) >= 11 is 0. The molecule has 1 fully saturated rings. The molecule has 0 bridgehead atoms. The molecule has 108 valence electrons. The Hall–Kier alpha value is -0.870. The molecule has 3 unspecified atom stereocenters. The molecular weight excluding hydrogens is 236 g/mol. The molecule has 2 rings (SSSR count). The number of imidazole rings is 1. The summed E-state index contributed by atoms with van der Waals surface area (Å²) in [6.07, 6.45) is 9.62. The van der Waals surface area contributed by atoms with E-state index in [4.69, 9.17) is 5.73 Å². The number of aromatic nitrogens is 2. The highest BCUT2D eigenvalue weighted by molar-refractivity contribution is 4.91. The molecule has 3 atom stereocenters. The maximum atomic E-state index is 5.89. The van der Waals surface area contributed by atoms with Gasteiger partial charge < -0.3 is 15.6 Å². The first-order valence-corrected chi connectivity index (χ1v) is 7.42. The number of nitrogens with zero attached hydrogens (tertiary/aromatic N) is 2. The van der Waals surface area contributed by atoms with Gasteiger partial charge in [0.05, 0.1) is 6.33 Å². The molecule has 3 N–H and O–H groups in total. The molecule has 0 amide bonds. The monoisotopic (exact) mass is 264 g/mol. The number of hydrogen-bond donors (Lipinski definition) is 2. The van der Waals surface area contributed by atoms with Crippen molar-refractivity contribution in [1.29, 1.82) is 0 Å². The molecule has 1 aliphatic rings. The third-order valence-electron chi connectivity index (χ3n) is 4.38. The Morgan fingerprint density at radius 1 is 1.42 bits per heavy atom. The molecular formula is C15H28N4. The maximum absolute atomic E-state index is 5.89. The molecule has 1 aromatic heterocycles. The summed E-state index contributed by atoms with van der Waals surface area (Å²) in [6, 6.07) is 1.02. The summed E-state index contributed by atoms with van der Waals surface area (Å²) in [5.41, 5.74) is 6.12. The van der Waals surface area contributed by atoms with E-state index in [1.165, 1.54) is 19.3 Å². The first-order chi connectivity index (χ1) is 9.00. The van der Waals surface area contributed by atoms with Crippen molar-refractivity contribution < 1.29 is 0 Å². The quantitative estimate of drug-likeness (QED) is 0.855. The average Bonchev–Trinajstić information content (AvgIpc) is 2.97. The van der Waals surface area contributed by atoms with Crippen molar-refractivity contribution in [3.63, 3.8) is 0 Å². The third-order valence-corrected chi connectivity index (χ3v) is 4.38. The summed E-state index contributed by atoms with van der Waals surface area (Å²) < 4.78 is 2.16. The minimum Gasteiger partial charge on any atom is -0.336 e. The molecule has 1 aromatic rings.